The Bertz CT molecular complexity index is 892. The van der Waals surface area contributed by atoms with Crippen LogP contribution >= 0.6 is 0 Å². The average molecular weight is 411 g/mol. The number of hydrogen-bond donors (Lipinski definition) is 0. The van der Waals surface area contributed by atoms with Gasteiger partial charge in [0.05, 0.1) is 14.2 Å². The van der Waals surface area contributed by atoms with Gasteiger partial charge in [-0.15, -0.1) is 0 Å². The molecule has 0 spiro atoms. The predicted molar refractivity (Wildman–Crippen MR) is 112 cm³/mol. The molecule has 2 unspecified atom stereocenters. The van der Waals surface area contributed by atoms with E-state index in [1.165, 1.54) is 6.92 Å². The fourth-order valence-corrected chi connectivity index (χ4v) is 3.54. The smallest absolute Gasteiger partial charge is 0.145 e. The van der Waals surface area contributed by atoms with Crippen molar-refractivity contribution >= 4 is 11.1 Å². The van der Waals surface area contributed by atoms with E-state index in [2.05, 4.69) is 0 Å². The summed E-state index contributed by atoms with van der Waals surface area (Å²) in [5, 5.41) is 0. The van der Waals surface area contributed by atoms with Crippen molar-refractivity contribution in [1.29, 1.82) is 0 Å². The first kappa shape index (κ1) is 21.0. The molecule has 5 nitrogen and oxygen atoms in total. The van der Waals surface area contributed by atoms with Crippen molar-refractivity contribution in [3.8, 4) is 11.5 Å². The molecule has 29 heavy (non-hydrogen) atoms. The Hall–Kier alpha value is -2.67. The molecule has 0 amide bonds. The monoisotopic (exact) mass is 411 g/mol. The van der Waals surface area contributed by atoms with Gasteiger partial charge in [0.15, 0.2) is 0 Å². The van der Waals surface area contributed by atoms with Crippen LogP contribution in [0.15, 0.2) is 78.9 Å². The third-order valence-corrected chi connectivity index (χ3v) is 5.43. The first-order chi connectivity index (χ1) is 14.0. The Kier molecular flexibility index (Phi) is 6.69. The van der Waals surface area contributed by atoms with Gasteiger partial charge in [-0.2, -0.15) is 0 Å². The van der Waals surface area contributed by atoms with Gasteiger partial charge in [-0.05, 0) is 59.0 Å². The number of hydrogen-bond acceptors (Lipinski definition) is 5. The number of rotatable bonds is 8. The van der Waals surface area contributed by atoms with Crippen LogP contribution in [-0.4, -0.2) is 28.4 Å². The molecule has 0 aliphatic carbocycles. The van der Waals surface area contributed by atoms with Gasteiger partial charge in [0, 0.05) is 0 Å². The average Bonchev–Trinajstić information content (AvgIpc) is 2.78. The summed E-state index contributed by atoms with van der Waals surface area (Å²) < 4.78 is 40.3. The molecule has 0 N–H and O–H groups in total. The van der Waals surface area contributed by atoms with E-state index >= 15 is 0 Å². The zero-order valence-electron chi connectivity index (χ0n) is 16.5. The minimum Gasteiger partial charge on any atom is -0.770 e. The van der Waals surface area contributed by atoms with Crippen LogP contribution < -0.4 is 9.47 Å². The van der Waals surface area contributed by atoms with Crippen molar-refractivity contribution < 1.29 is 23.0 Å². The lowest BCUT2D eigenvalue weighted by atomic mass is 9.80. The van der Waals surface area contributed by atoms with Crippen LogP contribution in [0.4, 0.5) is 0 Å². The zero-order valence-corrected chi connectivity index (χ0v) is 17.3. The summed E-state index contributed by atoms with van der Waals surface area (Å²) in [6, 6.07) is 24.4. The van der Waals surface area contributed by atoms with Gasteiger partial charge in [-0.25, -0.2) is 0 Å². The van der Waals surface area contributed by atoms with Crippen LogP contribution in [0, 0.1) is 0 Å². The van der Waals surface area contributed by atoms with Crippen LogP contribution in [0.3, 0.4) is 0 Å². The normalized spacial score (nSPS) is 13.5. The van der Waals surface area contributed by atoms with E-state index in [1.807, 2.05) is 78.9 Å². The first-order valence-corrected chi connectivity index (χ1v) is 10.3. The second-order valence-corrected chi connectivity index (χ2v) is 7.64. The fourth-order valence-electron chi connectivity index (χ4n) is 3.32. The lowest BCUT2D eigenvalue weighted by Gasteiger charge is -2.38. The Morgan fingerprint density at radius 2 is 1.17 bits per heavy atom. The van der Waals surface area contributed by atoms with E-state index in [1.54, 1.807) is 14.2 Å². The first-order valence-electron chi connectivity index (χ1n) is 9.11. The third kappa shape index (κ3) is 4.34. The van der Waals surface area contributed by atoms with Crippen molar-refractivity contribution in [2.24, 2.45) is 0 Å². The molecule has 3 aromatic carbocycles. The van der Waals surface area contributed by atoms with Crippen molar-refractivity contribution in [2.45, 2.75) is 18.0 Å². The van der Waals surface area contributed by atoms with Crippen LogP contribution in [0.2, 0.25) is 0 Å². The van der Waals surface area contributed by atoms with Crippen molar-refractivity contribution in [3.63, 3.8) is 0 Å². The lowest BCUT2D eigenvalue weighted by Crippen LogP contribution is -2.37. The summed E-state index contributed by atoms with van der Waals surface area (Å²) in [5.74, 6) is 1.40. The van der Waals surface area contributed by atoms with Gasteiger partial charge in [0.1, 0.15) is 22.5 Å². The summed E-state index contributed by atoms with van der Waals surface area (Å²) in [7, 11) is 3.20. The van der Waals surface area contributed by atoms with Crippen LogP contribution in [0.5, 0.6) is 11.5 Å². The maximum absolute atomic E-state index is 11.7. The summed E-state index contributed by atoms with van der Waals surface area (Å²) in [5.41, 5.74) is 0.199. The zero-order chi connectivity index (χ0) is 20.9. The van der Waals surface area contributed by atoms with Gasteiger partial charge in [0.2, 0.25) is 0 Å². The molecule has 3 aromatic rings. The minimum atomic E-state index is -2.41. The minimum absolute atomic E-state index is 0.700. The molecular formula is C23H23O5S-. The Balaban J connectivity index is 2.28. The molecule has 0 aromatic heterocycles. The number of benzene rings is 3. The molecule has 0 saturated carbocycles. The summed E-state index contributed by atoms with van der Waals surface area (Å²) in [4.78, 5) is 0. The maximum Gasteiger partial charge on any atom is 0.145 e. The fraction of sp³-hybridized carbons (Fsp3) is 0.217. The van der Waals surface area contributed by atoms with Crippen LogP contribution in [0.25, 0.3) is 0 Å². The Morgan fingerprint density at radius 1 is 0.759 bits per heavy atom. The van der Waals surface area contributed by atoms with Gasteiger partial charge in [-0.1, -0.05) is 54.6 Å². The molecule has 3 rings (SSSR count). The van der Waals surface area contributed by atoms with E-state index in [-0.39, 0.29) is 0 Å². The third-order valence-electron chi connectivity index (χ3n) is 4.79. The van der Waals surface area contributed by atoms with Gasteiger partial charge in [-0.3, -0.25) is 4.21 Å². The molecular weight excluding hydrogens is 388 g/mol. The van der Waals surface area contributed by atoms with E-state index in [4.69, 9.17) is 14.2 Å². The molecule has 0 bridgehead atoms. The number of ether oxygens (including phenoxy) is 3. The molecule has 152 valence electrons. The second-order valence-electron chi connectivity index (χ2n) is 6.45. The number of methoxy groups -OCH3 is 2. The highest BCUT2D eigenvalue weighted by Crippen LogP contribution is 2.42. The second kappa shape index (κ2) is 9.22. The van der Waals surface area contributed by atoms with Crippen LogP contribution in [-0.2, 0) is 21.4 Å². The highest BCUT2D eigenvalue weighted by atomic mass is 32.2. The summed E-state index contributed by atoms with van der Waals surface area (Å²) in [6.07, 6.45) is 0. The van der Waals surface area contributed by atoms with Crippen molar-refractivity contribution in [3.05, 3.63) is 95.6 Å². The molecule has 0 saturated heterocycles. The largest absolute Gasteiger partial charge is 0.770 e. The van der Waals surface area contributed by atoms with E-state index < -0.39 is 22.1 Å². The van der Waals surface area contributed by atoms with Crippen LogP contribution in [0.1, 0.15) is 23.6 Å². The van der Waals surface area contributed by atoms with E-state index in [9.17, 15) is 8.76 Å². The topological polar surface area (TPSA) is 67.8 Å². The molecule has 0 heterocycles. The van der Waals surface area contributed by atoms with Gasteiger partial charge < -0.3 is 18.8 Å². The SMILES string of the molecule is COc1ccc(C(OC(C)S(=O)[O-])(c2ccccc2)c2ccc(OC)cc2)cc1. The Labute approximate surface area is 173 Å². The maximum atomic E-state index is 11.7. The molecule has 0 aliphatic heterocycles. The van der Waals surface area contributed by atoms with Crippen molar-refractivity contribution in [2.75, 3.05) is 14.2 Å². The quantitative estimate of drug-likeness (QED) is 0.410. The Morgan fingerprint density at radius 3 is 1.55 bits per heavy atom. The highest BCUT2D eigenvalue weighted by molar-refractivity contribution is 7.79. The van der Waals surface area contributed by atoms with Gasteiger partial charge >= 0.3 is 0 Å². The van der Waals surface area contributed by atoms with Crippen molar-refractivity contribution in [1.82, 2.24) is 0 Å². The molecule has 0 aliphatic rings. The lowest BCUT2D eigenvalue weighted by molar-refractivity contribution is -0.00168. The van der Waals surface area contributed by atoms with Gasteiger partial charge in [0.25, 0.3) is 0 Å². The summed E-state index contributed by atoms with van der Waals surface area (Å²) >= 11 is -2.41. The highest BCUT2D eigenvalue weighted by Gasteiger charge is 2.39. The summed E-state index contributed by atoms with van der Waals surface area (Å²) in [6.45, 7) is 1.52. The molecule has 2 atom stereocenters. The van der Waals surface area contributed by atoms with E-state index in [0.717, 1.165) is 16.7 Å². The molecule has 6 heteroatoms. The van der Waals surface area contributed by atoms with E-state index in [0.29, 0.717) is 11.5 Å². The molecule has 0 fully saturated rings. The standard InChI is InChI=1S/C23H24O5S/c1-17(29(24)25)28-23(18-7-5-4-6-8-18,19-9-13-21(26-2)14-10-19)20-11-15-22(27-3)16-12-20/h4-17H,1-3H3,(H,24,25)/p-1. The molecule has 0 radical (unpaired) electrons. The predicted octanol–water partition coefficient (Wildman–Crippen LogP) is 4.24.